The molecule has 0 fully saturated rings. The number of rotatable bonds is 0. The Labute approximate surface area is 88.7 Å². The molecule has 1 aliphatic carbocycles. The Kier molecular flexibility index (Phi) is 40.0. The molecule has 0 atom stereocenters. The van der Waals surface area contributed by atoms with Crippen LogP contribution < -0.4 is 24.8 Å². The summed E-state index contributed by atoms with van der Waals surface area (Å²) in [5, 5.41) is 0. The third-order valence-electron chi connectivity index (χ3n) is 0.586. The van der Waals surface area contributed by atoms with Crippen molar-refractivity contribution in [1.29, 1.82) is 0 Å². The average molecular weight is 242 g/mol. The summed E-state index contributed by atoms with van der Waals surface area (Å²) < 4.78 is 0. The van der Waals surface area contributed by atoms with Crippen molar-refractivity contribution in [3.05, 3.63) is 31.7 Å². The second kappa shape index (κ2) is 16.0. The summed E-state index contributed by atoms with van der Waals surface area (Å²) in [6.45, 7) is 0. The van der Waals surface area contributed by atoms with Gasteiger partial charge in [0.25, 0.3) is 0 Å². The molecule has 0 saturated heterocycles. The molecule has 0 spiro atoms. The first-order chi connectivity index (χ1) is 2.50. The monoisotopic (exact) mass is 240 g/mol. The molecule has 0 unspecified atom stereocenters. The van der Waals surface area contributed by atoms with Gasteiger partial charge in [-0.15, -0.1) is 6.42 Å². The summed E-state index contributed by atoms with van der Waals surface area (Å²) >= 11 is 0. The van der Waals surface area contributed by atoms with Gasteiger partial charge in [0, 0.05) is 0 Å². The molecule has 50 valence electrons. The maximum absolute atomic E-state index is 2.99. The fourth-order valence-corrected chi connectivity index (χ4v) is 0.340. The Morgan fingerprint density at radius 2 is 1.78 bits per heavy atom. The first kappa shape index (κ1) is 22.5. The molecule has 1 rings (SSSR count). The summed E-state index contributed by atoms with van der Waals surface area (Å²) in [5.74, 6) is 0. The van der Waals surface area contributed by atoms with Crippen molar-refractivity contribution >= 4 is 0 Å². The van der Waals surface area contributed by atoms with Crippen LogP contribution >= 0.6 is 0 Å². The Bertz CT molecular complexity index is 69.1. The topological polar surface area (TPSA) is 0 Å². The molecule has 0 N–H and O–H groups in total. The molecule has 0 aromatic carbocycles. The van der Waals surface area contributed by atoms with Crippen molar-refractivity contribution in [3.63, 3.8) is 0 Å². The van der Waals surface area contributed by atoms with Gasteiger partial charge in [0.1, 0.15) is 0 Å². The fourth-order valence-electron chi connectivity index (χ4n) is 0.340. The second-order valence-electron chi connectivity index (χ2n) is 1.00. The van der Waals surface area contributed by atoms with Gasteiger partial charge < -0.3 is 32.2 Å². The van der Waals surface area contributed by atoms with Crippen LogP contribution in [0.3, 0.4) is 0 Å². The quantitative estimate of drug-likeness (QED) is 0.378. The van der Waals surface area contributed by atoms with Crippen LogP contribution in [0.1, 0.15) is 6.42 Å². The minimum atomic E-state index is 0. The second-order valence-corrected chi connectivity index (χ2v) is 1.00. The van der Waals surface area contributed by atoms with E-state index in [1.165, 1.54) is 0 Å². The van der Waals surface area contributed by atoms with Gasteiger partial charge in [-0.05, 0) is 0 Å². The number of halogens is 2. The summed E-state index contributed by atoms with van der Waals surface area (Å²) in [4.78, 5) is 0. The first-order valence-corrected chi connectivity index (χ1v) is 1.72. The SMILES string of the molecule is [C-]1=CC=CC1.[CH3-].[Cl-].[Cl-].[Zr+4]. The molecule has 3 heteroatoms. The summed E-state index contributed by atoms with van der Waals surface area (Å²) in [6, 6.07) is 0. The molecule has 0 aliphatic heterocycles. The molecule has 9 heavy (non-hydrogen) atoms. The average Bonchev–Trinajstić information content (AvgIpc) is 1.76. The third kappa shape index (κ3) is 12.2. The van der Waals surface area contributed by atoms with E-state index in [-0.39, 0.29) is 58.4 Å². The van der Waals surface area contributed by atoms with E-state index < -0.39 is 0 Å². The van der Waals surface area contributed by atoms with E-state index in [1.807, 2.05) is 12.2 Å². The number of hydrogen-bond donors (Lipinski definition) is 0. The molecule has 0 aromatic heterocycles. The Morgan fingerprint density at radius 3 is 1.89 bits per heavy atom. The summed E-state index contributed by atoms with van der Waals surface area (Å²) in [7, 11) is 0. The first-order valence-electron chi connectivity index (χ1n) is 1.72. The smallest absolute Gasteiger partial charge is 1.00 e. The van der Waals surface area contributed by atoms with E-state index in [1.54, 1.807) is 0 Å². The van der Waals surface area contributed by atoms with Gasteiger partial charge in [0.05, 0.1) is 0 Å². The molecular formula is C6H8Cl2Zr. The van der Waals surface area contributed by atoms with E-state index in [0.29, 0.717) is 0 Å². The van der Waals surface area contributed by atoms with E-state index in [2.05, 4.69) is 12.2 Å². The van der Waals surface area contributed by atoms with Crippen molar-refractivity contribution in [1.82, 2.24) is 0 Å². The number of hydrogen-bond acceptors (Lipinski definition) is 0. The van der Waals surface area contributed by atoms with Gasteiger partial charge in [-0.2, -0.15) is 6.08 Å². The third-order valence-corrected chi connectivity index (χ3v) is 0.586. The maximum Gasteiger partial charge on any atom is 4.00 e. The largest absolute Gasteiger partial charge is 4.00 e. The van der Waals surface area contributed by atoms with Gasteiger partial charge in [-0.3, -0.25) is 6.08 Å². The molecule has 0 bridgehead atoms. The minimum absolute atomic E-state index is 0. The van der Waals surface area contributed by atoms with Gasteiger partial charge in [-0.25, -0.2) is 12.2 Å². The Morgan fingerprint density at radius 1 is 1.22 bits per heavy atom. The summed E-state index contributed by atoms with van der Waals surface area (Å²) in [6.07, 6.45) is 10.0. The van der Waals surface area contributed by atoms with E-state index >= 15 is 0 Å². The van der Waals surface area contributed by atoms with Crippen molar-refractivity contribution in [2.75, 3.05) is 0 Å². The zero-order valence-corrected chi connectivity index (χ0v) is 9.16. The molecule has 0 amide bonds. The molecule has 0 radical (unpaired) electrons. The Balaban J connectivity index is -0.0000000312. The minimum Gasteiger partial charge on any atom is -1.00 e. The predicted octanol–water partition coefficient (Wildman–Crippen LogP) is -4.24. The van der Waals surface area contributed by atoms with Crippen molar-refractivity contribution in [2.45, 2.75) is 6.42 Å². The van der Waals surface area contributed by atoms with Crippen LogP contribution in [-0.4, -0.2) is 0 Å². The van der Waals surface area contributed by atoms with Crippen molar-refractivity contribution in [2.24, 2.45) is 0 Å². The zero-order valence-electron chi connectivity index (χ0n) is 5.20. The van der Waals surface area contributed by atoms with Crippen LogP contribution in [0.2, 0.25) is 0 Å². The van der Waals surface area contributed by atoms with Crippen LogP contribution in [0.5, 0.6) is 0 Å². The van der Waals surface area contributed by atoms with Crippen molar-refractivity contribution < 1.29 is 51.0 Å². The Hall–Kier alpha value is 0.943. The normalized spacial score (nSPS) is 9.78. The van der Waals surface area contributed by atoms with Crippen LogP contribution in [0, 0.1) is 13.5 Å². The maximum atomic E-state index is 2.99. The van der Waals surface area contributed by atoms with E-state index in [9.17, 15) is 0 Å². The molecule has 0 heterocycles. The van der Waals surface area contributed by atoms with Gasteiger partial charge >= 0.3 is 26.2 Å². The van der Waals surface area contributed by atoms with Crippen LogP contribution in [0.4, 0.5) is 0 Å². The van der Waals surface area contributed by atoms with Crippen LogP contribution in [0.15, 0.2) is 18.2 Å². The van der Waals surface area contributed by atoms with Gasteiger partial charge in [0.15, 0.2) is 0 Å². The van der Waals surface area contributed by atoms with Crippen LogP contribution in [-0.2, 0) is 26.2 Å². The van der Waals surface area contributed by atoms with E-state index in [4.69, 9.17) is 0 Å². The van der Waals surface area contributed by atoms with Gasteiger partial charge in [0.2, 0.25) is 0 Å². The number of allylic oxidation sites excluding steroid dienone is 4. The molecule has 1 aliphatic rings. The predicted molar refractivity (Wildman–Crippen MR) is 28.0 cm³/mol. The molecule has 0 aromatic rings. The van der Waals surface area contributed by atoms with Crippen LogP contribution in [0.25, 0.3) is 0 Å². The standard InChI is InChI=1S/C5H5.CH3.2ClH.Zr/c1-2-4-5-3-1;;;;/h1-3H,4H2;1H3;2*1H;/q2*-1;;;+4/p-2. The molecular weight excluding hydrogens is 234 g/mol. The van der Waals surface area contributed by atoms with Crippen molar-refractivity contribution in [3.8, 4) is 0 Å². The molecule has 0 saturated carbocycles. The molecule has 0 nitrogen and oxygen atoms in total. The zero-order chi connectivity index (χ0) is 3.54. The van der Waals surface area contributed by atoms with E-state index in [0.717, 1.165) is 6.42 Å². The summed E-state index contributed by atoms with van der Waals surface area (Å²) in [5.41, 5.74) is 0. The van der Waals surface area contributed by atoms with Gasteiger partial charge in [-0.1, -0.05) is 0 Å². The fraction of sp³-hybridized carbons (Fsp3) is 0.167.